The van der Waals surface area contributed by atoms with E-state index in [1.54, 1.807) is 6.07 Å². The lowest BCUT2D eigenvalue weighted by atomic mass is 10.2. The van der Waals surface area contributed by atoms with E-state index in [4.69, 9.17) is 27.7 Å². The molecule has 1 aliphatic rings. The van der Waals surface area contributed by atoms with Crippen LogP contribution in [0.1, 0.15) is 5.89 Å². The minimum Gasteiger partial charge on any atom is -0.338 e. The molecular formula is C19H18Cl2N4O3S. The monoisotopic (exact) mass is 452 g/mol. The van der Waals surface area contributed by atoms with Crippen LogP contribution in [0.25, 0.3) is 11.4 Å². The highest BCUT2D eigenvalue weighted by atomic mass is 35.5. The summed E-state index contributed by atoms with van der Waals surface area (Å²) in [6, 6.07) is 14.2. The Hall–Kier alpha value is -1.97. The fourth-order valence-electron chi connectivity index (χ4n) is 3.20. The van der Waals surface area contributed by atoms with Gasteiger partial charge in [0, 0.05) is 31.7 Å². The predicted octanol–water partition coefficient (Wildman–Crippen LogP) is 3.55. The van der Waals surface area contributed by atoms with Gasteiger partial charge in [-0.1, -0.05) is 64.8 Å². The Kier molecular flexibility index (Phi) is 5.89. The highest BCUT2D eigenvalue weighted by molar-refractivity contribution is 7.89. The number of piperazine rings is 1. The molecule has 0 aliphatic carbocycles. The molecule has 29 heavy (non-hydrogen) atoms. The first-order valence-electron chi connectivity index (χ1n) is 8.99. The summed E-state index contributed by atoms with van der Waals surface area (Å²) in [5.41, 5.74) is 0.884. The molecule has 0 atom stereocenters. The maximum atomic E-state index is 13.0. The minimum atomic E-state index is -3.76. The second-order valence-corrected chi connectivity index (χ2v) is 9.30. The number of halogens is 2. The van der Waals surface area contributed by atoms with E-state index < -0.39 is 10.0 Å². The molecule has 4 rings (SSSR count). The summed E-state index contributed by atoms with van der Waals surface area (Å²) in [5.74, 6) is 1.03. The number of benzene rings is 2. The number of sulfonamides is 1. The topological polar surface area (TPSA) is 79.5 Å². The second-order valence-electron chi connectivity index (χ2n) is 6.61. The fourth-order valence-corrected chi connectivity index (χ4v) is 5.71. The van der Waals surface area contributed by atoms with Crippen molar-refractivity contribution < 1.29 is 12.9 Å². The van der Waals surface area contributed by atoms with Gasteiger partial charge in [-0.2, -0.15) is 9.29 Å². The van der Waals surface area contributed by atoms with Crippen LogP contribution in [0.15, 0.2) is 57.9 Å². The zero-order valence-corrected chi connectivity index (χ0v) is 17.7. The number of nitrogens with zero attached hydrogens (tertiary/aromatic N) is 4. The van der Waals surface area contributed by atoms with Crippen molar-refractivity contribution in [2.75, 3.05) is 26.2 Å². The van der Waals surface area contributed by atoms with Gasteiger partial charge in [0.2, 0.25) is 21.7 Å². The zero-order chi connectivity index (χ0) is 20.4. The van der Waals surface area contributed by atoms with E-state index in [1.807, 2.05) is 30.3 Å². The summed E-state index contributed by atoms with van der Waals surface area (Å²) < 4.78 is 32.7. The Morgan fingerprint density at radius 1 is 0.931 bits per heavy atom. The van der Waals surface area contributed by atoms with Gasteiger partial charge in [0.05, 0.1) is 16.6 Å². The van der Waals surface area contributed by atoms with Gasteiger partial charge in [-0.05, 0) is 12.1 Å². The molecule has 2 heterocycles. The van der Waals surface area contributed by atoms with Crippen LogP contribution in [-0.2, 0) is 16.6 Å². The number of rotatable bonds is 5. The van der Waals surface area contributed by atoms with Crippen LogP contribution in [0, 0.1) is 0 Å². The SMILES string of the molecule is O=S(=O)(c1c(Cl)cccc1Cl)N1CCN(Cc2nc(-c3ccccc3)no2)CC1. The van der Waals surface area contributed by atoms with Crippen molar-refractivity contribution in [3.63, 3.8) is 0 Å². The average molecular weight is 453 g/mol. The van der Waals surface area contributed by atoms with Crippen LogP contribution >= 0.6 is 23.2 Å². The fraction of sp³-hybridized carbons (Fsp3) is 0.263. The average Bonchev–Trinajstić information content (AvgIpc) is 3.17. The Morgan fingerprint density at radius 2 is 1.59 bits per heavy atom. The summed E-state index contributed by atoms with van der Waals surface area (Å²) in [4.78, 5) is 6.46. The molecule has 1 fully saturated rings. The third-order valence-electron chi connectivity index (χ3n) is 4.71. The molecule has 0 radical (unpaired) electrons. The standard InChI is InChI=1S/C19H18Cl2N4O3S/c20-15-7-4-8-16(21)18(15)29(26,27)25-11-9-24(10-12-25)13-17-22-19(23-28-17)14-5-2-1-3-6-14/h1-8H,9-13H2. The van der Waals surface area contributed by atoms with E-state index in [-0.39, 0.29) is 14.9 Å². The summed E-state index contributed by atoms with van der Waals surface area (Å²) >= 11 is 12.2. The molecule has 0 N–H and O–H groups in total. The molecular weight excluding hydrogens is 435 g/mol. The Morgan fingerprint density at radius 3 is 2.24 bits per heavy atom. The quantitative estimate of drug-likeness (QED) is 0.588. The molecule has 0 bridgehead atoms. The first-order valence-corrected chi connectivity index (χ1v) is 11.2. The Bertz CT molecular complexity index is 1080. The molecule has 0 spiro atoms. The van der Waals surface area contributed by atoms with Crippen LogP contribution in [0.2, 0.25) is 10.0 Å². The lowest BCUT2D eigenvalue weighted by Crippen LogP contribution is -2.48. The van der Waals surface area contributed by atoms with Gasteiger partial charge in [-0.15, -0.1) is 0 Å². The second kappa shape index (κ2) is 8.41. The molecule has 3 aromatic rings. The van der Waals surface area contributed by atoms with Crippen molar-refractivity contribution >= 4 is 33.2 Å². The number of hydrogen-bond acceptors (Lipinski definition) is 6. The molecule has 10 heteroatoms. The van der Waals surface area contributed by atoms with Crippen molar-refractivity contribution in [3.05, 3.63) is 64.5 Å². The van der Waals surface area contributed by atoms with Gasteiger partial charge in [0.15, 0.2) is 0 Å². The summed E-state index contributed by atoms with van der Waals surface area (Å²) in [7, 11) is -3.76. The summed E-state index contributed by atoms with van der Waals surface area (Å²) in [6.07, 6.45) is 0. The molecule has 0 unspecified atom stereocenters. The highest BCUT2D eigenvalue weighted by Gasteiger charge is 2.32. The van der Waals surface area contributed by atoms with Gasteiger partial charge in [-0.25, -0.2) is 8.42 Å². The van der Waals surface area contributed by atoms with Crippen LogP contribution in [0.4, 0.5) is 0 Å². The van der Waals surface area contributed by atoms with E-state index >= 15 is 0 Å². The molecule has 1 aromatic heterocycles. The van der Waals surface area contributed by atoms with Gasteiger partial charge in [0.1, 0.15) is 4.90 Å². The lowest BCUT2D eigenvalue weighted by Gasteiger charge is -2.33. The van der Waals surface area contributed by atoms with Crippen molar-refractivity contribution in [1.29, 1.82) is 0 Å². The smallest absolute Gasteiger partial charge is 0.246 e. The molecule has 1 aliphatic heterocycles. The first kappa shape index (κ1) is 20.3. The van der Waals surface area contributed by atoms with Crippen LogP contribution in [0.5, 0.6) is 0 Å². The zero-order valence-electron chi connectivity index (χ0n) is 15.3. The van der Waals surface area contributed by atoms with E-state index in [0.29, 0.717) is 44.4 Å². The van der Waals surface area contributed by atoms with E-state index in [0.717, 1.165) is 5.56 Å². The number of aromatic nitrogens is 2. The first-order chi connectivity index (χ1) is 13.9. The van der Waals surface area contributed by atoms with Gasteiger partial charge < -0.3 is 4.52 Å². The van der Waals surface area contributed by atoms with Crippen LogP contribution in [0.3, 0.4) is 0 Å². The maximum Gasteiger partial charge on any atom is 0.246 e. The molecule has 152 valence electrons. The summed E-state index contributed by atoms with van der Waals surface area (Å²) in [6.45, 7) is 2.17. The van der Waals surface area contributed by atoms with Crippen molar-refractivity contribution in [2.45, 2.75) is 11.4 Å². The normalized spacial score (nSPS) is 16.2. The number of hydrogen-bond donors (Lipinski definition) is 0. The van der Waals surface area contributed by atoms with E-state index in [2.05, 4.69) is 15.0 Å². The van der Waals surface area contributed by atoms with Crippen molar-refractivity contribution in [1.82, 2.24) is 19.3 Å². The van der Waals surface area contributed by atoms with E-state index in [9.17, 15) is 8.42 Å². The minimum absolute atomic E-state index is 0.0406. The summed E-state index contributed by atoms with van der Waals surface area (Å²) in [5, 5.41) is 4.27. The molecule has 0 amide bonds. The Balaban J connectivity index is 1.41. The van der Waals surface area contributed by atoms with Gasteiger partial charge in [0.25, 0.3) is 0 Å². The van der Waals surface area contributed by atoms with Crippen molar-refractivity contribution in [3.8, 4) is 11.4 Å². The largest absolute Gasteiger partial charge is 0.338 e. The van der Waals surface area contributed by atoms with Gasteiger partial charge >= 0.3 is 0 Å². The highest BCUT2D eigenvalue weighted by Crippen LogP contribution is 2.32. The maximum absolute atomic E-state index is 13.0. The third kappa shape index (κ3) is 4.31. The Labute approximate surface area is 178 Å². The van der Waals surface area contributed by atoms with Gasteiger partial charge in [-0.3, -0.25) is 4.90 Å². The van der Waals surface area contributed by atoms with Crippen LogP contribution in [-0.4, -0.2) is 53.9 Å². The van der Waals surface area contributed by atoms with E-state index in [1.165, 1.54) is 16.4 Å². The van der Waals surface area contributed by atoms with Crippen LogP contribution < -0.4 is 0 Å². The molecule has 2 aromatic carbocycles. The van der Waals surface area contributed by atoms with Crippen molar-refractivity contribution in [2.24, 2.45) is 0 Å². The molecule has 0 saturated carbocycles. The third-order valence-corrected chi connectivity index (χ3v) is 7.56. The predicted molar refractivity (Wildman–Crippen MR) is 110 cm³/mol. The molecule has 7 nitrogen and oxygen atoms in total. The lowest BCUT2D eigenvalue weighted by molar-refractivity contribution is 0.163. The molecule has 1 saturated heterocycles.